The van der Waals surface area contributed by atoms with E-state index in [-0.39, 0.29) is 24.0 Å². The molecule has 0 aliphatic heterocycles. The van der Waals surface area contributed by atoms with Crippen LogP contribution in [0.25, 0.3) is 5.69 Å². The third-order valence-corrected chi connectivity index (χ3v) is 3.42. The predicted molar refractivity (Wildman–Crippen MR) is 107 cm³/mol. The highest BCUT2D eigenvalue weighted by Crippen LogP contribution is 2.18. The zero-order valence-corrected chi connectivity index (χ0v) is 16.2. The molecule has 0 aliphatic rings. The van der Waals surface area contributed by atoms with Crippen LogP contribution in [0.1, 0.15) is 23.9 Å². The zero-order valence-electron chi connectivity index (χ0n) is 13.8. The minimum atomic E-state index is 0. The number of nitrogens with two attached hydrogens (primary N) is 1. The molecule has 1 aromatic carbocycles. The first-order valence-corrected chi connectivity index (χ1v) is 7.27. The third-order valence-electron chi connectivity index (χ3n) is 3.42. The lowest BCUT2D eigenvalue weighted by Crippen LogP contribution is -2.32. The number of hydrogen-bond acceptors (Lipinski definition) is 2. The van der Waals surface area contributed by atoms with Gasteiger partial charge in [0.15, 0.2) is 5.96 Å². The topological polar surface area (TPSA) is 68.2 Å². The van der Waals surface area contributed by atoms with E-state index >= 15 is 0 Å². The van der Waals surface area contributed by atoms with Crippen LogP contribution in [0.4, 0.5) is 0 Å². The van der Waals surface area contributed by atoms with Gasteiger partial charge in [0.25, 0.3) is 0 Å². The minimum Gasteiger partial charge on any atom is -0.370 e. The molecule has 0 aliphatic carbocycles. The molecule has 5 nitrogen and oxygen atoms in total. The number of aliphatic imine (C=N–C) groups is 1. The van der Waals surface area contributed by atoms with Crippen LogP contribution < -0.4 is 11.1 Å². The molecule has 1 heterocycles. The van der Waals surface area contributed by atoms with E-state index < -0.39 is 0 Å². The summed E-state index contributed by atoms with van der Waals surface area (Å²) in [6, 6.07) is 10.1. The van der Waals surface area contributed by atoms with E-state index in [4.69, 9.17) is 5.73 Å². The number of halogens is 1. The summed E-state index contributed by atoms with van der Waals surface area (Å²) in [5.74, 6) is 0.425. The number of aromatic nitrogens is 2. The summed E-state index contributed by atoms with van der Waals surface area (Å²) in [6.45, 7) is 11.0. The molecule has 0 amide bonds. The highest BCUT2D eigenvalue weighted by Gasteiger charge is 2.12. The molecular formula is C17H24IN5. The van der Waals surface area contributed by atoms with Crippen molar-refractivity contribution in [2.24, 2.45) is 10.7 Å². The number of nitrogens with zero attached hydrogens (tertiary/aromatic N) is 3. The van der Waals surface area contributed by atoms with Crippen molar-refractivity contribution in [3.8, 4) is 5.69 Å². The monoisotopic (exact) mass is 425 g/mol. The number of hydrogen-bond donors (Lipinski definition) is 2. The second-order valence-corrected chi connectivity index (χ2v) is 5.41. The third kappa shape index (κ3) is 5.09. The summed E-state index contributed by atoms with van der Waals surface area (Å²) in [4.78, 5) is 4.38. The largest absolute Gasteiger partial charge is 0.370 e. The van der Waals surface area contributed by atoms with Crippen LogP contribution in [-0.2, 0) is 6.54 Å². The van der Waals surface area contributed by atoms with Crippen LogP contribution in [0.2, 0.25) is 0 Å². The number of nitrogens with one attached hydrogen (secondary N) is 1. The Morgan fingerprint density at radius 2 is 1.96 bits per heavy atom. The number of benzene rings is 1. The first-order chi connectivity index (χ1) is 10.5. The summed E-state index contributed by atoms with van der Waals surface area (Å²) >= 11 is 0. The van der Waals surface area contributed by atoms with Gasteiger partial charge in [-0.05, 0) is 32.9 Å². The SMILES string of the molecule is C=C(C)CNC(N)=NCc1c(C)nn(-c2ccccc2)c1C.I. The van der Waals surface area contributed by atoms with Crippen LogP contribution in [-0.4, -0.2) is 22.3 Å². The molecule has 0 radical (unpaired) electrons. The van der Waals surface area contributed by atoms with E-state index in [0.29, 0.717) is 19.0 Å². The molecule has 3 N–H and O–H groups in total. The van der Waals surface area contributed by atoms with Crippen LogP contribution in [0.5, 0.6) is 0 Å². The molecule has 23 heavy (non-hydrogen) atoms. The molecule has 0 atom stereocenters. The quantitative estimate of drug-likeness (QED) is 0.335. The normalized spacial score (nSPS) is 11.0. The fraction of sp³-hybridized carbons (Fsp3) is 0.294. The van der Waals surface area contributed by atoms with Crippen molar-refractivity contribution >= 4 is 29.9 Å². The maximum atomic E-state index is 5.86. The second kappa shape index (κ2) is 8.71. The molecule has 0 saturated carbocycles. The lowest BCUT2D eigenvalue weighted by Gasteiger charge is -2.06. The van der Waals surface area contributed by atoms with Gasteiger partial charge in [0, 0.05) is 17.8 Å². The molecule has 124 valence electrons. The number of guanidine groups is 1. The van der Waals surface area contributed by atoms with Crippen LogP contribution in [0.15, 0.2) is 47.5 Å². The highest BCUT2D eigenvalue weighted by molar-refractivity contribution is 14.0. The number of para-hydroxylation sites is 1. The van der Waals surface area contributed by atoms with Gasteiger partial charge in [-0.3, -0.25) is 0 Å². The van der Waals surface area contributed by atoms with Gasteiger partial charge in [-0.25, -0.2) is 9.67 Å². The van der Waals surface area contributed by atoms with Crippen molar-refractivity contribution in [1.29, 1.82) is 0 Å². The van der Waals surface area contributed by atoms with Crippen LogP contribution in [0, 0.1) is 13.8 Å². The van der Waals surface area contributed by atoms with Crippen molar-refractivity contribution in [3.63, 3.8) is 0 Å². The smallest absolute Gasteiger partial charge is 0.189 e. The Bertz CT molecular complexity index is 689. The molecule has 2 rings (SSSR count). The van der Waals surface area contributed by atoms with E-state index in [2.05, 4.69) is 28.9 Å². The van der Waals surface area contributed by atoms with E-state index in [1.165, 1.54) is 0 Å². The zero-order chi connectivity index (χ0) is 16.1. The Hall–Kier alpha value is -1.83. The lowest BCUT2D eigenvalue weighted by atomic mass is 10.2. The maximum Gasteiger partial charge on any atom is 0.189 e. The Morgan fingerprint density at radius 3 is 2.57 bits per heavy atom. The fourth-order valence-corrected chi connectivity index (χ4v) is 2.19. The van der Waals surface area contributed by atoms with Gasteiger partial charge in [0.2, 0.25) is 0 Å². The lowest BCUT2D eigenvalue weighted by molar-refractivity contribution is 0.832. The molecular weight excluding hydrogens is 401 g/mol. The van der Waals surface area contributed by atoms with E-state index in [9.17, 15) is 0 Å². The molecule has 2 aromatic rings. The van der Waals surface area contributed by atoms with Gasteiger partial charge in [0.1, 0.15) is 0 Å². The Kier molecular flexibility index (Phi) is 7.28. The Balaban J connectivity index is 0.00000264. The molecule has 6 heteroatoms. The van der Waals surface area contributed by atoms with E-state index in [0.717, 1.165) is 28.2 Å². The average molecular weight is 425 g/mol. The Morgan fingerprint density at radius 1 is 1.30 bits per heavy atom. The predicted octanol–water partition coefficient (Wildman–Crippen LogP) is 3.09. The van der Waals surface area contributed by atoms with Crippen LogP contribution >= 0.6 is 24.0 Å². The minimum absolute atomic E-state index is 0. The number of aryl methyl sites for hydroxylation is 1. The van der Waals surface area contributed by atoms with Crippen molar-refractivity contribution in [2.75, 3.05) is 6.54 Å². The Labute approximate surface area is 154 Å². The summed E-state index contributed by atoms with van der Waals surface area (Å²) in [6.07, 6.45) is 0. The molecule has 1 aromatic heterocycles. The van der Waals surface area contributed by atoms with Gasteiger partial charge < -0.3 is 11.1 Å². The average Bonchev–Trinajstić information content (AvgIpc) is 2.79. The first-order valence-electron chi connectivity index (χ1n) is 7.27. The summed E-state index contributed by atoms with van der Waals surface area (Å²) in [5.41, 5.74) is 11.1. The van der Waals surface area contributed by atoms with Crippen LogP contribution in [0.3, 0.4) is 0 Å². The van der Waals surface area contributed by atoms with Gasteiger partial charge in [-0.2, -0.15) is 5.10 Å². The molecule has 0 saturated heterocycles. The number of rotatable bonds is 5. The van der Waals surface area contributed by atoms with Gasteiger partial charge in [-0.1, -0.05) is 30.4 Å². The standard InChI is InChI=1S/C17H23N5.HI/c1-12(2)10-19-17(18)20-11-16-13(3)21-22(14(16)4)15-8-6-5-7-9-15;/h5-9H,1,10-11H2,2-4H3,(H3,18,19,20);1H. The highest BCUT2D eigenvalue weighted by atomic mass is 127. The fourth-order valence-electron chi connectivity index (χ4n) is 2.19. The van der Waals surface area contributed by atoms with Crippen molar-refractivity contribution in [2.45, 2.75) is 27.3 Å². The molecule has 0 spiro atoms. The maximum absolute atomic E-state index is 5.86. The van der Waals surface area contributed by atoms with E-state index in [1.807, 2.05) is 48.9 Å². The second-order valence-electron chi connectivity index (χ2n) is 5.41. The molecule has 0 unspecified atom stereocenters. The van der Waals surface area contributed by atoms with Crippen molar-refractivity contribution < 1.29 is 0 Å². The molecule has 0 fully saturated rings. The van der Waals surface area contributed by atoms with E-state index in [1.54, 1.807) is 0 Å². The van der Waals surface area contributed by atoms with Gasteiger partial charge in [0.05, 0.1) is 17.9 Å². The first kappa shape index (κ1) is 19.2. The summed E-state index contributed by atoms with van der Waals surface area (Å²) in [7, 11) is 0. The van der Waals surface area contributed by atoms with Crippen molar-refractivity contribution in [3.05, 3.63) is 59.4 Å². The summed E-state index contributed by atoms with van der Waals surface area (Å²) in [5, 5.41) is 7.64. The van der Waals surface area contributed by atoms with Crippen molar-refractivity contribution in [1.82, 2.24) is 15.1 Å². The molecule has 0 bridgehead atoms. The van der Waals surface area contributed by atoms with Gasteiger partial charge in [-0.15, -0.1) is 24.0 Å². The van der Waals surface area contributed by atoms with Gasteiger partial charge >= 0.3 is 0 Å². The summed E-state index contributed by atoms with van der Waals surface area (Å²) < 4.78 is 1.94.